The fourth-order valence-corrected chi connectivity index (χ4v) is 1.75. The highest BCUT2D eigenvalue weighted by atomic mass is 16.4. The van der Waals surface area contributed by atoms with Gasteiger partial charge in [0, 0.05) is 23.3 Å². The van der Waals surface area contributed by atoms with Crippen LogP contribution in [0.2, 0.25) is 0 Å². The van der Waals surface area contributed by atoms with Crippen LogP contribution >= 0.6 is 0 Å². The molecule has 4 heteroatoms. The molecule has 0 amide bonds. The van der Waals surface area contributed by atoms with Gasteiger partial charge < -0.3 is 9.67 Å². The first-order valence-corrected chi connectivity index (χ1v) is 4.94. The third-order valence-corrected chi connectivity index (χ3v) is 2.49. The van der Waals surface area contributed by atoms with E-state index in [1.54, 1.807) is 12.1 Å². The van der Waals surface area contributed by atoms with Crippen molar-refractivity contribution in [2.24, 2.45) is 0 Å². The van der Waals surface area contributed by atoms with Crippen molar-refractivity contribution in [3.8, 4) is 5.69 Å². The van der Waals surface area contributed by atoms with Crippen molar-refractivity contribution in [2.45, 2.75) is 13.8 Å². The lowest BCUT2D eigenvalue weighted by Crippen LogP contribution is -2.04. The average molecular weight is 216 g/mol. The molecule has 0 saturated heterocycles. The summed E-state index contributed by atoms with van der Waals surface area (Å²) in [6.07, 6.45) is 1.51. The van der Waals surface area contributed by atoms with Crippen LogP contribution in [0.1, 0.15) is 21.9 Å². The molecule has 0 unspecified atom stereocenters. The number of nitrogens with zero attached hydrogens (tertiary/aromatic N) is 2. The van der Waals surface area contributed by atoms with Gasteiger partial charge in [0.2, 0.25) is 0 Å². The molecule has 2 heterocycles. The molecule has 16 heavy (non-hydrogen) atoms. The average Bonchev–Trinajstić information content (AvgIpc) is 2.59. The maximum absolute atomic E-state index is 10.8. The van der Waals surface area contributed by atoms with Crippen molar-refractivity contribution in [2.75, 3.05) is 0 Å². The number of carboxylic acids is 1. The summed E-state index contributed by atoms with van der Waals surface area (Å²) in [5.74, 6) is -1.01. The van der Waals surface area contributed by atoms with Gasteiger partial charge in [-0.1, -0.05) is 0 Å². The molecule has 2 aromatic rings. The Labute approximate surface area is 93.2 Å². The molecule has 0 saturated carbocycles. The van der Waals surface area contributed by atoms with Crippen LogP contribution in [0.25, 0.3) is 5.69 Å². The molecule has 82 valence electrons. The molecule has 2 aromatic heterocycles. The predicted octanol–water partition coefficient (Wildman–Crippen LogP) is 2.19. The number of carbonyl (C=O) groups is 1. The van der Waals surface area contributed by atoms with Crippen LogP contribution in [0.5, 0.6) is 0 Å². The molecule has 1 N–H and O–H groups in total. The quantitative estimate of drug-likeness (QED) is 0.837. The van der Waals surface area contributed by atoms with E-state index >= 15 is 0 Å². The van der Waals surface area contributed by atoms with E-state index in [2.05, 4.69) is 4.98 Å². The fourth-order valence-electron chi connectivity index (χ4n) is 1.75. The smallest absolute Gasteiger partial charge is 0.354 e. The Bertz CT molecular complexity index is 524. The minimum absolute atomic E-state index is 0.0602. The van der Waals surface area contributed by atoms with Crippen LogP contribution in [0.15, 0.2) is 30.5 Å². The molecule has 0 spiro atoms. The van der Waals surface area contributed by atoms with Gasteiger partial charge in [-0.2, -0.15) is 0 Å². The minimum atomic E-state index is -1.01. The lowest BCUT2D eigenvalue weighted by Gasteiger charge is -2.09. The Hall–Kier alpha value is -2.10. The largest absolute Gasteiger partial charge is 0.477 e. The van der Waals surface area contributed by atoms with Gasteiger partial charge in [-0.15, -0.1) is 0 Å². The van der Waals surface area contributed by atoms with Crippen LogP contribution in [0.3, 0.4) is 0 Å². The second-order valence-corrected chi connectivity index (χ2v) is 3.66. The summed E-state index contributed by atoms with van der Waals surface area (Å²) < 4.78 is 1.99. The second kappa shape index (κ2) is 3.81. The Morgan fingerprint density at radius 1 is 1.25 bits per heavy atom. The van der Waals surface area contributed by atoms with Gasteiger partial charge in [-0.05, 0) is 38.1 Å². The first kappa shape index (κ1) is 10.4. The monoisotopic (exact) mass is 216 g/mol. The number of hydrogen-bond acceptors (Lipinski definition) is 2. The third-order valence-electron chi connectivity index (χ3n) is 2.49. The van der Waals surface area contributed by atoms with Gasteiger partial charge in [0.05, 0.1) is 0 Å². The fraction of sp³-hybridized carbons (Fsp3) is 0.167. The zero-order chi connectivity index (χ0) is 11.7. The second-order valence-electron chi connectivity index (χ2n) is 3.66. The predicted molar refractivity (Wildman–Crippen MR) is 60.0 cm³/mol. The molecule has 0 aliphatic rings. The molecule has 0 aliphatic carbocycles. The normalized spacial score (nSPS) is 10.4. The van der Waals surface area contributed by atoms with Crippen molar-refractivity contribution >= 4 is 5.97 Å². The molecular formula is C12H12N2O2. The summed E-state index contributed by atoms with van der Waals surface area (Å²) in [5.41, 5.74) is 3.03. The van der Waals surface area contributed by atoms with Crippen molar-refractivity contribution in [3.63, 3.8) is 0 Å². The van der Waals surface area contributed by atoms with E-state index in [-0.39, 0.29) is 5.69 Å². The van der Waals surface area contributed by atoms with Gasteiger partial charge >= 0.3 is 5.97 Å². The third kappa shape index (κ3) is 1.69. The number of aromatic nitrogens is 2. The van der Waals surface area contributed by atoms with Gasteiger partial charge in [0.15, 0.2) is 0 Å². The standard InChI is InChI=1S/C12H12N2O2/c1-8-3-4-9(2)14(8)10-5-6-13-11(7-10)12(15)16/h3-7H,1-2H3,(H,15,16). The first-order chi connectivity index (χ1) is 7.59. The number of aryl methyl sites for hydroxylation is 2. The molecular weight excluding hydrogens is 204 g/mol. The van der Waals surface area contributed by atoms with Gasteiger partial charge in [-0.25, -0.2) is 9.78 Å². The Balaban J connectivity index is 2.57. The summed E-state index contributed by atoms with van der Waals surface area (Å²) in [4.78, 5) is 14.6. The minimum Gasteiger partial charge on any atom is -0.477 e. The summed E-state index contributed by atoms with van der Waals surface area (Å²) in [5, 5.41) is 8.87. The Morgan fingerprint density at radius 3 is 2.44 bits per heavy atom. The maximum atomic E-state index is 10.8. The highest BCUT2D eigenvalue weighted by Crippen LogP contribution is 2.16. The van der Waals surface area contributed by atoms with E-state index < -0.39 is 5.97 Å². The zero-order valence-electron chi connectivity index (χ0n) is 9.14. The van der Waals surface area contributed by atoms with E-state index in [1.807, 2.05) is 30.5 Å². The van der Waals surface area contributed by atoms with Crippen LogP contribution < -0.4 is 0 Å². The van der Waals surface area contributed by atoms with Crippen LogP contribution in [0, 0.1) is 13.8 Å². The zero-order valence-corrected chi connectivity index (χ0v) is 9.14. The van der Waals surface area contributed by atoms with Gasteiger partial charge in [0.1, 0.15) is 5.69 Å². The summed E-state index contributed by atoms with van der Waals surface area (Å²) in [6, 6.07) is 7.36. The SMILES string of the molecule is Cc1ccc(C)n1-c1ccnc(C(=O)O)c1. The molecule has 0 atom stereocenters. The highest BCUT2D eigenvalue weighted by molar-refractivity contribution is 5.85. The lowest BCUT2D eigenvalue weighted by atomic mass is 10.3. The summed E-state index contributed by atoms with van der Waals surface area (Å²) in [7, 11) is 0. The summed E-state index contributed by atoms with van der Waals surface area (Å²) >= 11 is 0. The number of carboxylic acid groups (broad SMARTS) is 1. The summed E-state index contributed by atoms with van der Waals surface area (Å²) in [6.45, 7) is 3.96. The number of pyridine rings is 1. The molecule has 2 rings (SSSR count). The molecule has 0 bridgehead atoms. The van der Waals surface area contributed by atoms with Crippen molar-refractivity contribution in [3.05, 3.63) is 47.5 Å². The van der Waals surface area contributed by atoms with Crippen molar-refractivity contribution in [1.29, 1.82) is 0 Å². The maximum Gasteiger partial charge on any atom is 0.354 e. The molecule has 0 aromatic carbocycles. The van der Waals surface area contributed by atoms with E-state index in [0.717, 1.165) is 17.1 Å². The van der Waals surface area contributed by atoms with E-state index in [9.17, 15) is 4.79 Å². The number of rotatable bonds is 2. The van der Waals surface area contributed by atoms with Gasteiger partial charge in [0.25, 0.3) is 0 Å². The van der Waals surface area contributed by atoms with E-state index in [0.29, 0.717) is 0 Å². The Morgan fingerprint density at radius 2 is 1.88 bits per heavy atom. The first-order valence-electron chi connectivity index (χ1n) is 4.94. The highest BCUT2D eigenvalue weighted by Gasteiger charge is 2.08. The van der Waals surface area contributed by atoms with Gasteiger partial charge in [-0.3, -0.25) is 0 Å². The Kier molecular flexibility index (Phi) is 2.48. The number of hydrogen-bond donors (Lipinski definition) is 1. The van der Waals surface area contributed by atoms with Crippen LogP contribution in [0.4, 0.5) is 0 Å². The van der Waals surface area contributed by atoms with Crippen LogP contribution in [-0.2, 0) is 0 Å². The number of aromatic carboxylic acids is 1. The van der Waals surface area contributed by atoms with Crippen molar-refractivity contribution in [1.82, 2.24) is 9.55 Å². The van der Waals surface area contributed by atoms with Crippen LogP contribution in [-0.4, -0.2) is 20.6 Å². The molecule has 0 radical (unpaired) electrons. The van der Waals surface area contributed by atoms with E-state index in [1.165, 1.54) is 6.20 Å². The van der Waals surface area contributed by atoms with Crippen molar-refractivity contribution < 1.29 is 9.90 Å². The lowest BCUT2D eigenvalue weighted by molar-refractivity contribution is 0.0690. The topological polar surface area (TPSA) is 55.1 Å². The molecule has 4 nitrogen and oxygen atoms in total. The molecule has 0 fully saturated rings. The van der Waals surface area contributed by atoms with E-state index in [4.69, 9.17) is 5.11 Å². The molecule has 0 aliphatic heterocycles.